The third-order valence-corrected chi connectivity index (χ3v) is 4.86. The number of hydrogen-bond donors (Lipinski definition) is 0. The van der Waals surface area contributed by atoms with Gasteiger partial charge in [-0.1, -0.05) is 0 Å². The van der Waals surface area contributed by atoms with Crippen molar-refractivity contribution in [2.45, 2.75) is 19.4 Å². The molecule has 1 aromatic heterocycles. The molecule has 0 radical (unpaired) electrons. The van der Waals surface area contributed by atoms with Gasteiger partial charge in [0, 0.05) is 26.0 Å². The van der Waals surface area contributed by atoms with Crippen LogP contribution in [0.4, 0.5) is 5.69 Å². The molecule has 0 N–H and O–H groups in total. The Hall–Kier alpha value is -1.14. The number of sulfonamides is 1. The summed E-state index contributed by atoms with van der Waals surface area (Å²) >= 11 is 0. The third-order valence-electron chi connectivity index (χ3n) is 2.91. The van der Waals surface area contributed by atoms with E-state index in [1.807, 2.05) is 0 Å². The van der Waals surface area contributed by atoms with Crippen molar-refractivity contribution in [2.75, 3.05) is 23.7 Å². The highest BCUT2D eigenvalue weighted by molar-refractivity contribution is 7.92. The molecule has 0 saturated heterocycles. The predicted molar refractivity (Wildman–Crippen MR) is 65.5 cm³/mol. The molecule has 1 aliphatic heterocycles. The molecule has 0 fully saturated rings. The van der Waals surface area contributed by atoms with Gasteiger partial charge in [0.2, 0.25) is 10.0 Å². The summed E-state index contributed by atoms with van der Waals surface area (Å²) in [5.41, 5.74) is 1.74. The molecule has 0 saturated carbocycles. The predicted octanol–water partition coefficient (Wildman–Crippen LogP) is 0.809. The van der Waals surface area contributed by atoms with Crippen molar-refractivity contribution in [3.05, 3.63) is 24.0 Å². The summed E-state index contributed by atoms with van der Waals surface area (Å²) in [5.74, 6) is 0.00522. The fraction of sp³-hybridized carbons (Fsp3) is 0.545. The Morgan fingerprint density at radius 2 is 2.35 bits per heavy atom. The molecule has 0 aliphatic carbocycles. The second kappa shape index (κ2) is 4.62. The molecular formula is C11H16N2O3S. The van der Waals surface area contributed by atoms with Crippen LogP contribution in [0, 0.1) is 0 Å². The van der Waals surface area contributed by atoms with Gasteiger partial charge in [-0.05, 0) is 25.0 Å². The molecule has 0 spiro atoms. The first kappa shape index (κ1) is 12.3. The van der Waals surface area contributed by atoms with Gasteiger partial charge in [0.1, 0.15) is 0 Å². The molecule has 1 atom stereocenters. The van der Waals surface area contributed by atoms with Crippen molar-refractivity contribution < 1.29 is 13.2 Å². The topological polar surface area (TPSA) is 59.5 Å². The smallest absolute Gasteiger partial charge is 0.237 e. The van der Waals surface area contributed by atoms with Crippen molar-refractivity contribution >= 4 is 15.7 Å². The van der Waals surface area contributed by atoms with Crippen molar-refractivity contribution in [3.8, 4) is 0 Å². The number of hydrogen-bond acceptors (Lipinski definition) is 4. The van der Waals surface area contributed by atoms with Gasteiger partial charge in [-0.2, -0.15) is 0 Å². The molecule has 1 unspecified atom stereocenters. The molecule has 6 heteroatoms. The first-order chi connectivity index (χ1) is 8.04. The first-order valence-corrected chi connectivity index (χ1v) is 7.11. The summed E-state index contributed by atoms with van der Waals surface area (Å²) in [7, 11) is -1.79. The van der Waals surface area contributed by atoms with Crippen LogP contribution in [-0.4, -0.2) is 38.9 Å². The van der Waals surface area contributed by atoms with Gasteiger partial charge < -0.3 is 4.74 Å². The van der Waals surface area contributed by atoms with Crippen molar-refractivity contribution in [1.82, 2.24) is 4.98 Å². The average molecular weight is 256 g/mol. The molecular weight excluding hydrogens is 240 g/mol. The molecule has 94 valence electrons. The lowest BCUT2D eigenvalue weighted by Gasteiger charge is -2.21. The molecule has 1 aromatic rings. The van der Waals surface area contributed by atoms with Gasteiger partial charge in [0.25, 0.3) is 0 Å². The monoisotopic (exact) mass is 256 g/mol. The zero-order valence-corrected chi connectivity index (χ0v) is 10.8. The molecule has 17 heavy (non-hydrogen) atoms. The number of fused-ring (bicyclic) bond motifs is 1. The average Bonchev–Trinajstić information content (AvgIpc) is 2.72. The third kappa shape index (κ3) is 2.42. The van der Waals surface area contributed by atoms with Crippen LogP contribution in [0.1, 0.15) is 12.5 Å². The Kier molecular flexibility index (Phi) is 3.35. The maximum Gasteiger partial charge on any atom is 0.237 e. The Labute approximate surface area is 101 Å². The van der Waals surface area contributed by atoms with Crippen LogP contribution in [0.2, 0.25) is 0 Å². The highest BCUT2D eigenvalue weighted by Gasteiger charge is 2.30. The van der Waals surface area contributed by atoms with Gasteiger partial charge >= 0.3 is 0 Å². The molecule has 5 nitrogen and oxygen atoms in total. The standard InChI is InChI=1S/C11H16N2O3S/c1-9(16-2)8-17(14,15)13-6-4-10-7-12-5-3-11(10)13/h3,5,7,9H,4,6,8H2,1-2H3. The summed E-state index contributed by atoms with van der Waals surface area (Å²) < 4.78 is 30.9. The van der Waals surface area contributed by atoms with Crippen LogP contribution in [0.3, 0.4) is 0 Å². The summed E-state index contributed by atoms with van der Waals surface area (Å²) in [6.45, 7) is 2.25. The van der Waals surface area contributed by atoms with Crippen LogP contribution in [-0.2, 0) is 21.2 Å². The molecule has 2 heterocycles. The van der Waals surface area contributed by atoms with E-state index in [9.17, 15) is 8.42 Å². The lowest BCUT2D eigenvalue weighted by atomic mass is 10.2. The Balaban J connectivity index is 2.25. The van der Waals surface area contributed by atoms with E-state index in [2.05, 4.69) is 4.98 Å². The summed E-state index contributed by atoms with van der Waals surface area (Å²) in [6.07, 6.45) is 3.77. The number of pyridine rings is 1. The van der Waals surface area contributed by atoms with E-state index in [0.29, 0.717) is 6.54 Å². The number of methoxy groups -OCH3 is 1. The number of nitrogens with zero attached hydrogens (tertiary/aromatic N) is 2. The largest absolute Gasteiger partial charge is 0.381 e. The lowest BCUT2D eigenvalue weighted by Crippen LogP contribution is -2.35. The van der Waals surface area contributed by atoms with E-state index in [-0.39, 0.29) is 11.9 Å². The minimum absolute atomic E-state index is 0.00522. The summed E-state index contributed by atoms with van der Waals surface area (Å²) in [6, 6.07) is 1.75. The quantitative estimate of drug-likeness (QED) is 0.800. The van der Waals surface area contributed by atoms with E-state index < -0.39 is 10.0 Å². The fourth-order valence-electron chi connectivity index (χ4n) is 1.94. The van der Waals surface area contributed by atoms with Gasteiger partial charge in [-0.25, -0.2) is 8.42 Å². The van der Waals surface area contributed by atoms with Gasteiger partial charge in [0.05, 0.1) is 17.5 Å². The second-order valence-electron chi connectivity index (χ2n) is 4.15. The second-order valence-corrected chi connectivity index (χ2v) is 6.09. The maximum atomic E-state index is 12.2. The minimum Gasteiger partial charge on any atom is -0.381 e. The summed E-state index contributed by atoms with van der Waals surface area (Å²) in [5, 5.41) is 0. The van der Waals surface area contributed by atoms with Gasteiger partial charge in [0.15, 0.2) is 0 Å². The van der Waals surface area contributed by atoms with E-state index in [4.69, 9.17) is 4.74 Å². The zero-order chi connectivity index (χ0) is 12.5. The normalized spacial score (nSPS) is 16.9. The number of anilines is 1. The van der Waals surface area contributed by atoms with E-state index in [1.54, 1.807) is 25.4 Å². The van der Waals surface area contributed by atoms with Crippen LogP contribution in [0.5, 0.6) is 0 Å². The Morgan fingerprint density at radius 3 is 3.06 bits per heavy atom. The SMILES string of the molecule is COC(C)CS(=O)(=O)N1CCc2cnccc21. The maximum absolute atomic E-state index is 12.2. The van der Waals surface area contributed by atoms with Crippen LogP contribution >= 0.6 is 0 Å². The van der Waals surface area contributed by atoms with Crippen LogP contribution in [0.15, 0.2) is 18.5 Å². The zero-order valence-electron chi connectivity index (χ0n) is 9.96. The van der Waals surface area contributed by atoms with Gasteiger partial charge in [-0.15, -0.1) is 0 Å². The van der Waals surface area contributed by atoms with Crippen molar-refractivity contribution in [1.29, 1.82) is 0 Å². The Morgan fingerprint density at radius 1 is 1.59 bits per heavy atom. The number of rotatable bonds is 4. The highest BCUT2D eigenvalue weighted by Crippen LogP contribution is 2.29. The van der Waals surface area contributed by atoms with E-state index >= 15 is 0 Å². The molecule has 0 amide bonds. The van der Waals surface area contributed by atoms with E-state index in [1.165, 1.54) is 11.4 Å². The molecule has 0 aromatic carbocycles. The van der Waals surface area contributed by atoms with Crippen molar-refractivity contribution in [3.63, 3.8) is 0 Å². The van der Waals surface area contributed by atoms with Crippen molar-refractivity contribution in [2.24, 2.45) is 0 Å². The highest BCUT2D eigenvalue weighted by atomic mass is 32.2. The van der Waals surface area contributed by atoms with Gasteiger partial charge in [-0.3, -0.25) is 9.29 Å². The number of aromatic nitrogens is 1. The summed E-state index contributed by atoms with van der Waals surface area (Å²) in [4.78, 5) is 4.00. The van der Waals surface area contributed by atoms with Crippen LogP contribution in [0.25, 0.3) is 0 Å². The molecule has 1 aliphatic rings. The number of ether oxygens (including phenoxy) is 1. The Bertz CT molecular complexity index is 501. The van der Waals surface area contributed by atoms with E-state index in [0.717, 1.165) is 17.7 Å². The minimum atomic E-state index is -3.30. The lowest BCUT2D eigenvalue weighted by molar-refractivity contribution is 0.136. The fourth-order valence-corrected chi connectivity index (χ4v) is 3.70. The van der Waals surface area contributed by atoms with Crippen LogP contribution < -0.4 is 4.31 Å². The first-order valence-electron chi connectivity index (χ1n) is 5.50. The molecule has 0 bridgehead atoms. The molecule has 2 rings (SSSR count).